The summed E-state index contributed by atoms with van der Waals surface area (Å²) in [5.74, 6) is 0.429. The number of aromatic nitrogens is 3. The largest absolute Gasteiger partial charge is 0.381 e. The number of rotatable bonds is 5. The molecule has 4 rings (SSSR count). The van der Waals surface area contributed by atoms with Gasteiger partial charge in [-0.3, -0.25) is 0 Å². The van der Waals surface area contributed by atoms with Gasteiger partial charge in [0.1, 0.15) is 11.5 Å². The van der Waals surface area contributed by atoms with E-state index in [1.807, 2.05) is 6.92 Å². The van der Waals surface area contributed by atoms with Gasteiger partial charge in [-0.2, -0.15) is 0 Å². The van der Waals surface area contributed by atoms with E-state index >= 15 is 0 Å². The average molecular weight is 443 g/mol. The maximum atomic E-state index is 13.1. The third-order valence-electron chi connectivity index (χ3n) is 5.76. The van der Waals surface area contributed by atoms with E-state index in [9.17, 15) is 12.8 Å². The number of sulfonamides is 1. The van der Waals surface area contributed by atoms with Gasteiger partial charge in [-0.15, -0.1) is 0 Å². The van der Waals surface area contributed by atoms with Gasteiger partial charge in [0, 0.05) is 25.6 Å². The Hall–Kier alpha value is -1.55. The zero-order chi connectivity index (χ0) is 20.6. The second-order valence-electron chi connectivity index (χ2n) is 7.89. The minimum Gasteiger partial charge on any atom is -0.381 e. The number of nitrogens with zero attached hydrogens (tertiary/aromatic N) is 3. The lowest BCUT2D eigenvalue weighted by Gasteiger charge is -2.36. The van der Waals surface area contributed by atoms with Crippen molar-refractivity contribution in [2.45, 2.75) is 25.7 Å². The predicted molar refractivity (Wildman–Crippen MR) is 108 cm³/mol. The average Bonchev–Trinajstić information content (AvgIpc) is 3.31. The van der Waals surface area contributed by atoms with Crippen molar-refractivity contribution in [3.63, 3.8) is 0 Å². The molecule has 29 heavy (non-hydrogen) atoms. The van der Waals surface area contributed by atoms with Gasteiger partial charge in [0.15, 0.2) is 11.0 Å². The molecule has 10 heteroatoms. The summed E-state index contributed by atoms with van der Waals surface area (Å²) in [6.45, 7) is 4.08. The normalized spacial score (nSPS) is 26.1. The molecular weight excluding hydrogens is 419 g/mol. The predicted octanol–water partition coefficient (Wildman–Crippen LogP) is 3.06. The van der Waals surface area contributed by atoms with E-state index in [1.54, 1.807) is 10.4 Å². The summed E-state index contributed by atoms with van der Waals surface area (Å²) < 4.78 is 45.6. The van der Waals surface area contributed by atoms with Crippen molar-refractivity contribution in [2.24, 2.45) is 11.8 Å². The molecule has 3 atom stereocenters. The van der Waals surface area contributed by atoms with E-state index < -0.39 is 15.8 Å². The molecule has 2 aromatic heterocycles. The number of nitrogens with one attached hydrogen (secondary N) is 1. The number of aromatic amines is 1. The number of piperidine rings is 1. The Bertz CT molecular complexity index is 960. The number of imidazole rings is 1. The van der Waals surface area contributed by atoms with Crippen molar-refractivity contribution in [2.75, 3.05) is 32.1 Å². The quantitative estimate of drug-likeness (QED) is 0.768. The van der Waals surface area contributed by atoms with Crippen LogP contribution in [0, 0.1) is 17.7 Å². The molecule has 4 heterocycles. The van der Waals surface area contributed by atoms with Crippen LogP contribution >= 0.6 is 11.6 Å². The van der Waals surface area contributed by atoms with Crippen LogP contribution in [-0.4, -0.2) is 59.7 Å². The fraction of sp³-hybridized carbons (Fsp3) is 0.579. The summed E-state index contributed by atoms with van der Waals surface area (Å²) in [6.07, 6.45) is 2.59. The first-order valence-electron chi connectivity index (χ1n) is 9.76. The molecule has 0 aromatic carbocycles. The number of H-pyrrole nitrogens is 1. The Morgan fingerprint density at radius 1 is 1.38 bits per heavy atom. The van der Waals surface area contributed by atoms with Crippen LogP contribution in [0.5, 0.6) is 0 Å². The smallest absolute Gasteiger partial charge is 0.214 e. The Kier molecular flexibility index (Phi) is 5.92. The molecule has 2 aliphatic rings. The second kappa shape index (κ2) is 8.29. The highest BCUT2D eigenvalue weighted by Gasteiger charge is 2.36. The van der Waals surface area contributed by atoms with Crippen LogP contribution in [0.1, 0.15) is 31.4 Å². The monoisotopic (exact) mass is 442 g/mol. The van der Waals surface area contributed by atoms with Crippen LogP contribution in [-0.2, 0) is 14.8 Å². The highest BCUT2D eigenvalue weighted by atomic mass is 35.5. The highest BCUT2D eigenvalue weighted by Crippen LogP contribution is 2.37. The molecular formula is C19H24ClFN4O3S. The Morgan fingerprint density at radius 2 is 2.21 bits per heavy atom. The minimum absolute atomic E-state index is 0.0606. The molecule has 158 valence electrons. The number of ether oxygens (including phenoxy) is 1. The molecule has 2 saturated heterocycles. The Balaban J connectivity index is 1.47. The maximum absolute atomic E-state index is 13.1. The molecule has 0 bridgehead atoms. The van der Waals surface area contributed by atoms with Crippen molar-refractivity contribution >= 4 is 21.6 Å². The van der Waals surface area contributed by atoms with Gasteiger partial charge in [-0.05, 0) is 36.8 Å². The van der Waals surface area contributed by atoms with Gasteiger partial charge in [-0.1, -0.05) is 18.5 Å². The molecule has 0 aliphatic carbocycles. The lowest BCUT2D eigenvalue weighted by molar-refractivity contribution is 0.188. The van der Waals surface area contributed by atoms with Crippen LogP contribution in [0.25, 0.3) is 11.5 Å². The molecule has 1 N–H and O–H groups in total. The summed E-state index contributed by atoms with van der Waals surface area (Å²) in [4.78, 5) is 11.6. The summed E-state index contributed by atoms with van der Waals surface area (Å²) in [7, 11) is -3.31. The van der Waals surface area contributed by atoms with Crippen LogP contribution in [0.3, 0.4) is 0 Å². The molecule has 2 aliphatic heterocycles. The van der Waals surface area contributed by atoms with E-state index in [2.05, 4.69) is 15.0 Å². The van der Waals surface area contributed by atoms with Crippen LogP contribution < -0.4 is 0 Å². The van der Waals surface area contributed by atoms with Crippen molar-refractivity contribution in [1.29, 1.82) is 0 Å². The van der Waals surface area contributed by atoms with Crippen LogP contribution in [0.15, 0.2) is 18.3 Å². The summed E-state index contributed by atoms with van der Waals surface area (Å²) >= 11 is 6.37. The summed E-state index contributed by atoms with van der Waals surface area (Å²) in [6, 6.07) is 2.86. The molecule has 0 spiro atoms. The van der Waals surface area contributed by atoms with Crippen LogP contribution in [0.2, 0.25) is 5.15 Å². The Labute approximate surface area is 174 Å². The van der Waals surface area contributed by atoms with E-state index in [0.717, 1.165) is 18.3 Å². The first kappa shape index (κ1) is 20.7. The number of halogens is 2. The summed E-state index contributed by atoms with van der Waals surface area (Å²) in [5.41, 5.74) is 1.28. The number of pyridine rings is 1. The summed E-state index contributed by atoms with van der Waals surface area (Å²) in [5, 5.41) is 0.349. The van der Waals surface area contributed by atoms with Crippen molar-refractivity contribution in [3.8, 4) is 11.5 Å². The minimum atomic E-state index is -3.31. The zero-order valence-electron chi connectivity index (χ0n) is 16.1. The standard InChI is InChI=1S/C19H24ClFN4O3S/c1-12-9-25(29(26,27)11-13-5-7-28-10-13)6-4-15(12)17-18(20)24-19(23-17)16-3-2-14(21)8-22-16/h2-3,8,12-13,15H,4-7,9-11H2,1H3,(H,23,24)/t12-,13?,15+/m0/s1. The first-order chi connectivity index (χ1) is 13.8. The molecule has 0 radical (unpaired) electrons. The third kappa shape index (κ3) is 4.47. The molecule has 2 fully saturated rings. The van der Waals surface area contributed by atoms with Crippen LogP contribution in [0.4, 0.5) is 4.39 Å². The van der Waals surface area contributed by atoms with Gasteiger partial charge >= 0.3 is 0 Å². The fourth-order valence-electron chi connectivity index (χ4n) is 4.16. The van der Waals surface area contributed by atoms with E-state index in [1.165, 1.54) is 6.07 Å². The van der Waals surface area contributed by atoms with E-state index in [4.69, 9.17) is 16.3 Å². The molecule has 0 amide bonds. The van der Waals surface area contributed by atoms with Gasteiger partial charge in [0.05, 0.1) is 24.3 Å². The van der Waals surface area contributed by atoms with Crippen molar-refractivity contribution in [1.82, 2.24) is 19.3 Å². The lowest BCUT2D eigenvalue weighted by atomic mass is 9.86. The highest BCUT2D eigenvalue weighted by molar-refractivity contribution is 7.89. The Morgan fingerprint density at radius 3 is 2.86 bits per heavy atom. The molecule has 0 saturated carbocycles. The topological polar surface area (TPSA) is 88.2 Å². The van der Waals surface area contributed by atoms with Gasteiger partial charge in [0.2, 0.25) is 10.0 Å². The second-order valence-corrected chi connectivity index (χ2v) is 10.3. The van der Waals surface area contributed by atoms with Crippen molar-refractivity contribution in [3.05, 3.63) is 35.0 Å². The fourth-order valence-corrected chi connectivity index (χ4v) is 6.34. The van der Waals surface area contributed by atoms with E-state index in [0.29, 0.717) is 49.4 Å². The molecule has 2 aromatic rings. The molecule has 7 nitrogen and oxygen atoms in total. The lowest BCUT2D eigenvalue weighted by Crippen LogP contribution is -2.44. The first-order valence-corrected chi connectivity index (χ1v) is 11.7. The van der Waals surface area contributed by atoms with Gasteiger partial charge in [-0.25, -0.2) is 27.1 Å². The number of hydrogen-bond acceptors (Lipinski definition) is 5. The van der Waals surface area contributed by atoms with Crippen molar-refractivity contribution < 1.29 is 17.5 Å². The number of hydrogen-bond donors (Lipinski definition) is 1. The maximum Gasteiger partial charge on any atom is 0.214 e. The SMILES string of the molecule is C[C@H]1CN(S(=O)(=O)CC2CCOC2)CC[C@H]1c1[nH]c(-c2ccc(F)cn2)nc1Cl. The zero-order valence-corrected chi connectivity index (χ0v) is 17.7. The van der Waals surface area contributed by atoms with Gasteiger partial charge < -0.3 is 9.72 Å². The molecule has 1 unspecified atom stereocenters. The third-order valence-corrected chi connectivity index (χ3v) is 8.06. The van der Waals surface area contributed by atoms with E-state index in [-0.39, 0.29) is 23.5 Å². The van der Waals surface area contributed by atoms with Gasteiger partial charge in [0.25, 0.3) is 0 Å².